The number of rotatable bonds is 3. The molecule has 1 N–H and O–H groups in total. The Kier molecular flexibility index (Phi) is 5.68. The van der Waals surface area contributed by atoms with Gasteiger partial charge in [0, 0.05) is 43.6 Å². The van der Waals surface area contributed by atoms with Crippen molar-refractivity contribution in [3.8, 4) is 0 Å². The third-order valence-electron chi connectivity index (χ3n) is 5.74. The molecule has 27 heavy (non-hydrogen) atoms. The molecule has 0 spiro atoms. The number of ether oxygens (including phenoxy) is 1. The van der Waals surface area contributed by atoms with Crippen molar-refractivity contribution in [1.29, 1.82) is 0 Å². The van der Waals surface area contributed by atoms with Crippen molar-refractivity contribution in [2.24, 2.45) is 5.92 Å². The molecule has 148 valence electrons. The lowest BCUT2D eigenvalue weighted by atomic mass is 9.87. The topological polar surface area (TPSA) is 70.1 Å². The Morgan fingerprint density at radius 3 is 2.52 bits per heavy atom. The van der Waals surface area contributed by atoms with E-state index in [2.05, 4.69) is 0 Å². The van der Waals surface area contributed by atoms with Gasteiger partial charge in [-0.05, 0) is 44.4 Å². The van der Waals surface area contributed by atoms with Crippen molar-refractivity contribution in [3.63, 3.8) is 0 Å². The van der Waals surface area contributed by atoms with E-state index in [0.717, 1.165) is 5.56 Å². The molecule has 2 aliphatic rings. The molecule has 1 unspecified atom stereocenters. The Morgan fingerprint density at radius 1 is 1.26 bits per heavy atom. The normalized spacial score (nSPS) is 27.4. The molecule has 2 fully saturated rings. The molecule has 3 atom stereocenters. The monoisotopic (exact) mass is 394 g/mol. The van der Waals surface area contributed by atoms with E-state index in [0.29, 0.717) is 37.6 Å². The number of benzene rings is 1. The second kappa shape index (κ2) is 7.68. The van der Waals surface area contributed by atoms with Crippen molar-refractivity contribution < 1.29 is 19.4 Å². The second-order valence-electron chi connectivity index (χ2n) is 8.16. The van der Waals surface area contributed by atoms with Crippen LogP contribution in [0.25, 0.3) is 0 Å². The van der Waals surface area contributed by atoms with Crippen LogP contribution in [0.2, 0.25) is 5.02 Å². The number of likely N-dealkylation sites (tertiary alicyclic amines) is 1. The molecule has 2 saturated heterocycles. The molecule has 0 radical (unpaired) electrons. The fourth-order valence-corrected chi connectivity index (χ4v) is 4.37. The number of carbonyl (C=O) groups is 2. The Morgan fingerprint density at radius 2 is 1.93 bits per heavy atom. The summed E-state index contributed by atoms with van der Waals surface area (Å²) in [6.45, 7) is 5.52. The van der Waals surface area contributed by atoms with Crippen LogP contribution < -0.4 is 0 Å². The lowest BCUT2D eigenvalue weighted by molar-refractivity contribution is -0.144. The van der Waals surface area contributed by atoms with Crippen LogP contribution in [0.15, 0.2) is 24.3 Å². The number of carboxylic acid groups (broad SMARTS) is 1. The van der Waals surface area contributed by atoms with Gasteiger partial charge in [0.1, 0.15) is 0 Å². The van der Waals surface area contributed by atoms with E-state index in [4.69, 9.17) is 16.3 Å². The van der Waals surface area contributed by atoms with Gasteiger partial charge in [-0.2, -0.15) is 0 Å². The van der Waals surface area contributed by atoms with E-state index in [1.807, 2.05) is 30.9 Å². The van der Waals surface area contributed by atoms with Gasteiger partial charge in [-0.3, -0.25) is 4.79 Å². The fraction of sp³-hybridized carbons (Fsp3) is 0.600. The van der Waals surface area contributed by atoms with Crippen molar-refractivity contribution in [2.45, 2.75) is 44.2 Å². The molecule has 2 heterocycles. The molecular formula is C20H27ClN2O4. The van der Waals surface area contributed by atoms with Gasteiger partial charge in [0.25, 0.3) is 0 Å². The minimum atomic E-state index is -0.986. The first-order valence-corrected chi connectivity index (χ1v) is 9.70. The molecule has 3 rings (SSSR count). The van der Waals surface area contributed by atoms with Crippen LogP contribution >= 0.6 is 11.6 Å². The summed E-state index contributed by atoms with van der Waals surface area (Å²) < 4.78 is 5.73. The summed E-state index contributed by atoms with van der Waals surface area (Å²) in [6, 6.07) is 7.17. The molecule has 7 heteroatoms. The number of amides is 2. The maximum atomic E-state index is 13.1. The van der Waals surface area contributed by atoms with E-state index in [1.165, 1.54) is 4.90 Å². The van der Waals surface area contributed by atoms with Gasteiger partial charge in [-0.15, -0.1) is 0 Å². The average Bonchev–Trinajstić information content (AvgIpc) is 3.05. The van der Waals surface area contributed by atoms with Gasteiger partial charge in [-0.25, -0.2) is 4.79 Å². The Balaban J connectivity index is 1.80. The van der Waals surface area contributed by atoms with Crippen LogP contribution in [0.4, 0.5) is 4.79 Å². The van der Waals surface area contributed by atoms with Gasteiger partial charge in [-0.1, -0.05) is 23.7 Å². The Hall–Kier alpha value is -1.79. The highest BCUT2D eigenvalue weighted by atomic mass is 35.5. The first-order valence-electron chi connectivity index (χ1n) is 9.32. The molecular weight excluding hydrogens is 368 g/mol. The molecule has 0 aliphatic carbocycles. The van der Waals surface area contributed by atoms with Gasteiger partial charge < -0.3 is 19.6 Å². The van der Waals surface area contributed by atoms with Crippen molar-refractivity contribution >= 4 is 23.6 Å². The number of nitrogens with zero attached hydrogens (tertiary/aromatic N) is 2. The van der Waals surface area contributed by atoms with E-state index >= 15 is 0 Å². The predicted molar refractivity (Wildman–Crippen MR) is 103 cm³/mol. The number of hydrogen-bond donors (Lipinski definition) is 1. The quantitative estimate of drug-likeness (QED) is 0.852. The minimum Gasteiger partial charge on any atom is -0.465 e. The van der Waals surface area contributed by atoms with E-state index in [9.17, 15) is 14.7 Å². The zero-order valence-electron chi connectivity index (χ0n) is 16.0. The molecule has 0 bridgehead atoms. The molecule has 2 aliphatic heterocycles. The molecule has 0 saturated carbocycles. The van der Waals surface area contributed by atoms with Crippen LogP contribution in [0, 0.1) is 5.92 Å². The average molecular weight is 395 g/mol. The number of carbonyl (C=O) groups excluding carboxylic acids is 1. The number of likely N-dealkylation sites (N-methyl/N-ethyl adjacent to an activating group) is 1. The van der Waals surface area contributed by atoms with Crippen LogP contribution in [0.3, 0.4) is 0 Å². The Bertz CT molecular complexity index is 706. The molecule has 2 amide bonds. The molecule has 1 aromatic carbocycles. The summed E-state index contributed by atoms with van der Waals surface area (Å²) >= 11 is 5.99. The van der Waals surface area contributed by atoms with Crippen LogP contribution in [0.5, 0.6) is 0 Å². The summed E-state index contributed by atoms with van der Waals surface area (Å²) in [5.74, 6) is -0.0414. The molecule has 6 nitrogen and oxygen atoms in total. The maximum Gasteiger partial charge on any atom is 0.407 e. The van der Waals surface area contributed by atoms with Gasteiger partial charge in [0.15, 0.2) is 0 Å². The largest absolute Gasteiger partial charge is 0.465 e. The van der Waals surface area contributed by atoms with Crippen molar-refractivity contribution in [1.82, 2.24) is 9.80 Å². The predicted octanol–water partition coefficient (Wildman–Crippen LogP) is 3.45. The van der Waals surface area contributed by atoms with E-state index in [1.54, 1.807) is 19.2 Å². The fourth-order valence-electron chi connectivity index (χ4n) is 4.24. The summed E-state index contributed by atoms with van der Waals surface area (Å²) in [5.41, 5.74) is 0.700. The summed E-state index contributed by atoms with van der Waals surface area (Å²) in [5, 5.41) is 10.1. The van der Waals surface area contributed by atoms with Crippen LogP contribution in [0.1, 0.15) is 38.2 Å². The lowest BCUT2D eigenvalue weighted by Gasteiger charge is -2.36. The molecule has 0 aromatic heterocycles. The SMILES string of the molecule is CN(C(=O)O)[C@@H]1CN(C(=O)C2CCOC(C)(C)C2)C[C@H]1c1ccc(Cl)cc1. The summed E-state index contributed by atoms with van der Waals surface area (Å²) in [4.78, 5) is 27.9. The first kappa shape index (κ1) is 20.0. The number of hydrogen-bond acceptors (Lipinski definition) is 3. The Labute approximate surface area is 165 Å². The van der Waals surface area contributed by atoms with E-state index in [-0.39, 0.29) is 29.4 Å². The highest BCUT2D eigenvalue weighted by Gasteiger charge is 2.43. The van der Waals surface area contributed by atoms with E-state index < -0.39 is 6.09 Å². The zero-order valence-corrected chi connectivity index (χ0v) is 16.8. The smallest absolute Gasteiger partial charge is 0.407 e. The third-order valence-corrected chi connectivity index (χ3v) is 6.00. The maximum absolute atomic E-state index is 13.1. The van der Waals surface area contributed by atoms with Crippen LogP contribution in [-0.4, -0.2) is 65.3 Å². The highest BCUT2D eigenvalue weighted by Crippen LogP contribution is 2.35. The zero-order chi connectivity index (χ0) is 19.8. The number of halogens is 1. The van der Waals surface area contributed by atoms with Crippen LogP contribution in [-0.2, 0) is 9.53 Å². The summed E-state index contributed by atoms with van der Waals surface area (Å²) in [7, 11) is 1.57. The molecule has 1 aromatic rings. The second-order valence-corrected chi connectivity index (χ2v) is 8.60. The van der Waals surface area contributed by atoms with Gasteiger partial charge in [0.05, 0.1) is 11.6 Å². The highest BCUT2D eigenvalue weighted by molar-refractivity contribution is 6.30. The lowest BCUT2D eigenvalue weighted by Crippen LogP contribution is -2.44. The standard InChI is InChI=1S/C20H27ClN2O4/c1-20(2)10-14(8-9-27-20)18(24)23-11-16(13-4-6-15(21)7-5-13)17(12-23)22(3)19(25)26/h4-7,14,16-17H,8-12H2,1-3H3,(H,25,26)/t14?,16-,17+/m0/s1. The summed E-state index contributed by atoms with van der Waals surface area (Å²) in [6.07, 6.45) is 0.414. The van der Waals surface area contributed by atoms with Gasteiger partial charge in [0.2, 0.25) is 5.91 Å². The minimum absolute atomic E-state index is 0.0693. The first-order chi connectivity index (χ1) is 12.7. The van der Waals surface area contributed by atoms with Crippen molar-refractivity contribution in [3.05, 3.63) is 34.9 Å². The van der Waals surface area contributed by atoms with Crippen molar-refractivity contribution in [2.75, 3.05) is 26.7 Å². The van der Waals surface area contributed by atoms with Gasteiger partial charge >= 0.3 is 6.09 Å². The third kappa shape index (κ3) is 4.38.